The van der Waals surface area contributed by atoms with Gasteiger partial charge in [-0.3, -0.25) is 4.98 Å². The number of aromatic nitrogens is 1. The van der Waals surface area contributed by atoms with E-state index in [2.05, 4.69) is 9.71 Å². The molecular formula is C15H18N2O3S. The molecule has 2 N–H and O–H groups in total. The number of benzene rings is 1. The van der Waals surface area contributed by atoms with Crippen molar-refractivity contribution in [3.8, 4) is 0 Å². The predicted octanol–water partition coefficient (Wildman–Crippen LogP) is 1.40. The van der Waals surface area contributed by atoms with E-state index in [1.165, 1.54) is 0 Å². The van der Waals surface area contributed by atoms with Gasteiger partial charge in [0.05, 0.1) is 11.5 Å². The lowest BCUT2D eigenvalue weighted by molar-refractivity contribution is 0.280. The molecule has 0 saturated carbocycles. The Bertz CT molecular complexity index is 700. The normalized spacial score (nSPS) is 11.5. The van der Waals surface area contributed by atoms with Gasteiger partial charge in [0.2, 0.25) is 10.0 Å². The molecule has 0 atom stereocenters. The van der Waals surface area contributed by atoms with Crippen LogP contribution in [0.5, 0.6) is 0 Å². The number of aliphatic hydroxyl groups is 1. The lowest BCUT2D eigenvalue weighted by atomic mass is 10.1. The smallest absolute Gasteiger partial charge is 0.240 e. The number of pyridine rings is 1. The molecule has 21 heavy (non-hydrogen) atoms. The summed E-state index contributed by atoms with van der Waals surface area (Å²) in [6.45, 7) is 1.82. The van der Waals surface area contributed by atoms with Gasteiger partial charge in [0, 0.05) is 18.9 Å². The Labute approximate surface area is 124 Å². The van der Waals surface area contributed by atoms with Gasteiger partial charge in [-0.1, -0.05) is 18.2 Å². The molecule has 0 spiro atoms. The van der Waals surface area contributed by atoms with Gasteiger partial charge in [0.15, 0.2) is 0 Å². The monoisotopic (exact) mass is 306 g/mol. The van der Waals surface area contributed by atoms with Gasteiger partial charge in [-0.25, -0.2) is 13.1 Å². The third kappa shape index (κ3) is 3.87. The predicted molar refractivity (Wildman–Crippen MR) is 80.2 cm³/mol. The van der Waals surface area contributed by atoms with Crippen molar-refractivity contribution in [2.45, 2.75) is 24.8 Å². The quantitative estimate of drug-likeness (QED) is 0.845. The third-order valence-corrected chi connectivity index (χ3v) is 4.89. The van der Waals surface area contributed by atoms with Crippen LogP contribution in [0.4, 0.5) is 0 Å². The highest BCUT2D eigenvalue weighted by Gasteiger charge is 2.17. The fourth-order valence-electron chi connectivity index (χ4n) is 2.08. The summed E-state index contributed by atoms with van der Waals surface area (Å²) in [5.41, 5.74) is 2.17. The molecule has 2 aromatic rings. The molecule has 0 fully saturated rings. The first-order chi connectivity index (χ1) is 10.0. The van der Waals surface area contributed by atoms with Crippen LogP contribution in [0.15, 0.2) is 47.6 Å². The highest BCUT2D eigenvalue weighted by atomic mass is 32.2. The minimum absolute atomic E-state index is 0.176. The zero-order valence-electron chi connectivity index (χ0n) is 11.8. The van der Waals surface area contributed by atoms with Crippen LogP contribution in [0.2, 0.25) is 0 Å². The summed E-state index contributed by atoms with van der Waals surface area (Å²) < 4.78 is 27.2. The molecule has 0 saturated heterocycles. The highest BCUT2D eigenvalue weighted by molar-refractivity contribution is 7.89. The Hall–Kier alpha value is -1.76. The van der Waals surface area contributed by atoms with E-state index in [4.69, 9.17) is 0 Å². The maximum absolute atomic E-state index is 12.3. The second-order valence-electron chi connectivity index (χ2n) is 4.71. The molecule has 1 heterocycles. The van der Waals surface area contributed by atoms with E-state index in [1.54, 1.807) is 37.5 Å². The second-order valence-corrected chi connectivity index (χ2v) is 6.44. The lowest BCUT2D eigenvalue weighted by Crippen LogP contribution is -2.27. The van der Waals surface area contributed by atoms with Gasteiger partial charge in [0.25, 0.3) is 0 Å². The molecule has 0 unspecified atom stereocenters. The first-order valence-corrected chi connectivity index (χ1v) is 8.11. The zero-order valence-corrected chi connectivity index (χ0v) is 12.6. The van der Waals surface area contributed by atoms with Crippen molar-refractivity contribution in [2.24, 2.45) is 0 Å². The van der Waals surface area contributed by atoms with Gasteiger partial charge < -0.3 is 5.11 Å². The lowest BCUT2D eigenvalue weighted by Gasteiger charge is -2.11. The molecule has 0 radical (unpaired) electrons. The molecule has 0 amide bonds. The van der Waals surface area contributed by atoms with Crippen LogP contribution < -0.4 is 4.72 Å². The van der Waals surface area contributed by atoms with Crippen LogP contribution in [0, 0.1) is 6.92 Å². The standard InChI is InChI=1S/C15H18N2O3S/c1-12-14(11-18)5-2-6-15(12)21(19,20)17-9-7-13-4-3-8-16-10-13/h2-6,8,10,17-18H,7,9,11H2,1H3. The zero-order chi connectivity index (χ0) is 15.3. The number of hydrogen-bond acceptors (Lipinski definition) is 4. The Kier molecular flexibility index (Phi) is 5.06. The van der Waals surface area contributed by atoms with E-state index in [9.17, 15) is 13.5 Å². The Balaban J connectivity index is 2.09. The second kappa shape index (κ2) is 6.80. The minimum Gasteiger partial charge on any atom is -0.392 e. The van der Waals surface area contributed by atoms with Gasteiger partial charge in [-0.05, 0) is 42.2 Å². The van der Waals surface area contributed by atoms with Gasteiger partial charge >= 0.3 is 0 Å². The van der Waals surface area contributed by atoms with Crippen molar-refractivity contribution in [1.29, 1.82) is 0 Å². The van der Waals surface area contributed by atoms with Crippen LogP contribution >= 0.6 is 0 Å². The summed E-state index contributed by atoms with van der Waals surface area (Å²) in [5, 5.41) is 9.21. The van der Waals surface area contributed by atoms with Crippen LogP contribution in [-0.4, -0.2) is 25.1 Å². The molecule has 0 bridgehead atoms. The van der Waals surface area contributed by atoms with Gasteiger partial charge in [-0.15, -0.1) is 0 Å². The summed E-state index contributed by atoms with van der Waals surface area (Å²) in [6.07, 6.45) is 3.97. The van der Waals surface area contributed by atoms with Crippen LogP contribution in [0.1, 0.15) is 16.7 Å². The number of aliphatic hydroxyl groups excluding tert-OH is 1. The van der Waals surface area contributed by atoms with E-state index < -0.39 is 10.0 Å². The highest BCUT2D eigenvalue weighted by Crippen LogP contribution is 2.18. The summed E-state index contributed by atoms with van der Waals surface area (Å²) >= 11 is 0. The Morgan fingerprint density at radius 3 is 2.71 bits per heavy atom. The first kappa shape index (κ1) is 15.6. The fourth-order valence-corrected chi connectivity index (χ4v) is 3.39. The van der Waals surface area contributed by atoms with Crippen LogP contribution in [-0.2, 0) is 23.1 Å². The topological polar surface area (TPSA) is 79.3 Å². The summed E-state index contributed by atoms with van der Waals surface area (Å²) in [5.74, 6) is 0. The van der Waals surface area contributed by atoms with E-state index >= 15 is 0 Å². The molecule has 0 aliphatic rings. The SMILES string of the molecule is Cc1c(CO)cccc1S(=O)(=O)NCCc1cccnc1. The number of rotatable bonds is 6. The number of nitrogens with zero attached hydrogens (tertiary/aromatic N) is 1. The van der Waals surface area contributed by atoms with Crippen molar-refractivity contribution >= 4 is 10.0 Å². The third-order valence-electron chi connectivity index (χ3n) is 3.28. The van der Waals surface area contributed by atoms with Crippen molar-refractivity contribution in [2.75, 3.05) is 6.54 Å². The molecule has 1 aromatic carbocycles. The maximum atomic E-state index is 12.3. The number of sulfonamides is 1. The number of nitrogens with one attached hydrogen (secondary N) is 1. The van der Waals surface area contributed by atoms with E-state index in [-0.39, 0.29) is 11.5 Å². The molecule has 5 nitrogen and oxygen atoms in total. The summed E-state index contributed by atoms with van der Waals surface area (Å²) in [7, 11) is -3.58. The van der Waals surface area contributed by atoms with E-state index in [0.29, 0.717) is 24.1 Å². The summed E-state index contributed by atoms with van der Waals surface area (Å²) in [4.78, 5) is 4.20. The average Bonchev–Trinajstić information content (AvgIpc) is 2.48. The molecule has 0 aliphatic carbocycles. The van der Waals surface area contributed by atoms with E-state index in [0.717, 1.165) is 5.56 Å². The Morgan fingerprint density at radius 1 is 1.24 bits per heavy atom. The van der Waals surface area contributed by atoms with Crippen molar-refractivity contribution in [3.05, 3.63) is 59.4 Å². The first-order valence-electron chi connectivity index (χ1n) is 6.62. The van der Waals surface area contributed by atoms with Gasteiger partial charge in [-0.2, -0.15) is 0 Å². The Morgan fingerprint density at radius 2 is 2.05 bits per heavy atom. The van der Waals surface area contributed by atoms with Gasteiger partial charge in [0.1, 0.15) is 0 Å². The van der Waals surface area contributed by atoms with Crippen LogP contribution in [0.25, 0.3) is 0 Å². The molecule has 112 valence electrons. The molecule has 0 aliphatic heterocycles. The van der Waals surface area contributed by atoms with Crippen molar-refractivity contribution in [3.63, 3.8) is 0 Å². The molecule has 2 rings (SSSR count). The maximum Gasteiger partial charge on any atom is 0.240 e. The van der Waals surface area contributed by atoms with Crippen molar-refractivity contribution < 1.29 is 13.5 Å². The largest absolute Gasteiger partial charge is 0.392 e. The summed E-state index contributed by atoms with van der Waals surface area (Å²) in [6, 6.07) is 8.61. The van der Waals surface area contributed by atoms with Crippen LogP contribution in [0.3, 0.4) is 0 Å². The number of hydrogen-bond donors (Lipinski definition) is 2. The van der Waals surface area contributed by atoms with E-state index in [1.807, 2.05) is 12.1 Å². The molecule has 6 heteroatoms. The molecular weight excluding hydrogens is 288 g/mol. The van der Waals surface area contributed by atoms with Crippen molar-refractivity contribution in [1.82, 2.24) is 9.71 Å². The minimum atomic E-state index is -3.58. The fraction of sp³-hybridized carbons (Fsp3) is 0.267. The average molecular weight is 306 g/mol. The molecule has 1 aromatic heterocycles.